The van der Waals surface area contributed by atoms with Gasteiger partial charge in [-0.2, -0.15) is 0 Å². The number of carbonyl (C=O) groups is 1. The molecule has 2 aromatic rings. The second-order valence-corrected chi connectivity index (χ2v) is 4.82. The lowest BCUT2D eigenvalue weighted by Crippen LogP contribution is -2.32. The molecule has 128 valence electrons. The fourth-order valence-corrected chi connectivity index (χ4v) is 2.01. The molecule has 2 rings (SSSR count). The monoisotopic (exact) mass is 362 g/mol. The van der Waals surface area contributed by atoms with Crippen LogP contribution in [0.25, 0.3) is 11.0 Å². The van der Waals surface area contributed by atoms with Gasteiger partial charge in [-0.25, -0.2) is 14.4 Å². The van der Waals surface area contributed by atoms with Gasteiger partial charge in [-0.3, -0.25) is 4.79 Å². The smallest absolute Gasteiger partial charge is 0.253 e. The normalized spacial score (nSPS) is 9.91. The summed E-state index contributed by atoms with van der Waals surface area (Å²) in [6.07, 6.45) is 0. The van der Waals surface area contributed by atoms with Gasteiger partial charge in [0.15, 0.2) is 0 Å². The average Bonchev–Trinajstić information content (AvgIpc) is 2.44. The van der Waals surface area contributed by atoms with Crippen LogP contribution in [0.5, 0.6) is 0 Å². The fourth-order valence-electron chi connectivity index (χ4n) is 2.01. The zero-order valence-electron chi connectivity index (χ0n) is 13.3. The van der Waals surface area contributed by atoms with Crippen molar-refractivity contribution in [2.45, 2.75) is 20.8 Å². The number of likely N-dealkylation sites (N-methyl/N-ethyl adjacent to an activating group) is 1. The van der Waals surface area contributed by atoms with Gasteiger partial charge in [-0.1, -0.05) is 6.92 Å². The molecule has 23 heavy (non-hydrogen) atoms. The lowest BCUT2D eigenvalue weighted by molar-refractivity contribution is 0.0955. The van der Waals surface area contributed by atoms with Crippen LogP contribution in [0.1, 0.15) is 28.7 Å². The maximum atomic E-state index is 13.7. The maximum absolute atomic E-state index is 13.7. The quantitative estimate of drug-likeness (QED) is 0.802. The van der Waals surface area contributed by atoms with E-state index in [-0.39, 0.29) is 36.3 Å². The van der Waals surface area contributed by atoms with E-state index in [1.165, 1.54) is 12.1 Å². The third-order valence-electron chi connectivity index (χ3n) is 3.23. The molecular formula is C15H21Cl2FN4O. The number of nitrogens with zero attached hydrogens (tertiary/aromatic N) is 2. The number of aromatic nitrogens is 2. The first kappa shape index (κ1) is 21.5. The molecule has 0 saturated heterocycles. The van der Waals surface area contributed by atoms with Crippen molar-refractivity contribution in [3.63, 3.8) is 0 Å². The molecule has 0 aliphatic heterocycles. The van der Waals surface area contributed by atoms with Crippen LogP contribution in [0, 0.1) is 19.7 Å². The van der Waals surface area contributed by atoms with Gasteiger partial charge in [-0.05, 0) is 26.5 Å². The van der Waals surface area contributed by atoms with Crippen LogP contribution >= 0.6 is 24.8 Å². The minimum atomic E-state index is -0.489. The first-order valence-electron chi connectivity index (χ1n) is 6.96. The molecular weight excluding hydrogens is 342 g/mol. The van der Waals surface area contributed by atoms with Gasteiger partial charge >= 0.3 is 0 Å². The minimum Gasteiger partial charge on any atom is -0.351 e. The summed E-state index contributed by atoms with van der Waals surface area (Å²) in [6.45, 7) is 7.59. The van der Waals surface area contributed by atoms with E-state index in [1.807, 2.05) is 20.8 Å². The maximum Gasteiger partial charge on any atom is 0.253 e. The second-order valence-electron chi connectivity index (χ2n) is 4.82. The molecule has 8 heteroatoms. The van der Waals surface area contributed by atoms with Crippen molar-refractivity contribution in [3.8, 4) is 0 Å². The molecule has 1 amide bonds. The van der Waals surface area contributed by atoms with Gasteiger partial charge in [0, 0.05) is 19.2 Å². The average molecular weight is 363 g/mol. The van der Waals surface area contributed by atoms with E-state index in [1.54, 1.807) is 0 Å². The third-order valence-corrected chi connectivity index (χ3v) is 3.23. The second kappa shape index (κ2) is 9.60. The molecule has 0 radical (unpaired) electrons. The van der Waals surface area contributed by atoms with Gasteiger partial charge in [-0.15, -0.1) is 24.8 Å². The lowest BCUT2D eigenvalue weighted by Gasteiger charge is -2.09. The van der Waals surface area contributed by atoms with Gasteiger partial charge < -0.3 is 10.6 Å². The molecule has 1 heterocycles. The van der Waals surface area contributed by atoms with E-state index in [9.17, 15) is 9.18 Å². The van der Waals surface area contributed by atoms with Crippen molar-refractivity contribution in [2.75, 3.05) is 19.6 Å². The van der Waals surface area contributed by atoms with Crippen LogP contribution < -0.4 is 10.6 Å². The van der Waals surface area contributed by atoms with Gasteiger partial charge in [0.2, 0.25) is 0 Å². The summed E-state index contributed by atoms with van der Waals surface area (Å²) in [7, 11) is 0. The van der Waals surface area contributed by atoms with Crippen molar-refractivity contribution in [2.24, 2.45) is 0 Å². The highest BCUT2D eigenvalue weighted by Crippen LogP contribution is 2.19. The lowest BCUT2D eigenvalue weighted by atomic mass is 10.1. The molecule has 5 nitrogen and oxygen atoms in total. The number of rotatable bonds is 5. The highest BCUT2D eigenvalue weighted by molar-refractivity contribution is 6.04. The highest BCUT2D eigenvalue weighted by atomic mass is 35.5. The molecule has 0 unspecified atom stereocenters. The van der Waals surface area contributed by atoms with E-state index in [2.05, 4.69) is 20.6 Å². The van der Waals surface area contributed by atoms with Crippen LogP contribution in [0.4, 0.5) is 4.39 Å². The molecule has 0 spiro atoms. The Balaban J connectivity index is 0.00000242. The van der Waals surface area contributed by atoms with Crippen LogP contribution in [0.15, 0.2) is 12.1 Å². The van der Waals surface area contributed by atoms with Crippen LogP contribution in [0.3, 0.4) is 0 Å². The first-order chi connectivity index (χ1) is 10.0. The van der Waals surface area contributed by atoms with Crippen LogP contribution in [-0.2, 0) is 0 Å². The van der Waals surface area contributed by atoms with Crippen molar-refractivity contribution in [1.82, 2.24) is 20.6 Å². The summed E-state index contributed by atoms with van der Waals surface area (Å²) in [6, 6.07) is 2.50. The number of hydrogen-bond acceptors (Lipinski definition) is 4. The molecule has 0 aliphatic carbocycles. The Kier molecular flexibility index (Phi) is 8.97. The van der Waals surface area contributed by atoms with Crippen molar-refractivity contribution < 1.29 is 9.18 Å². The van der Waals surface area contributed by atoms with E-state index in [4.69, 9.17) is 0 Å². The van der Waals surface area contributed by atoms with Gasteiger partial charge in [0.05, 0.1) is 22.5 Å². The number of fused-ring (bicyclic) bond motifs is 1. The third kappa shape index (κ3) is 5.27. The molecule has 0 saturated carbocycles. The fraction of sp³-hybridized carbons (Fsp3) is 0.400. The molecule has 2 N–H and O–H groups in total. The van der Waals surface area contributed by atoms with Crippen molar-refractivity contribution in [3.05, 3.63) is 34.9 Å². The molecule has 0 bridgehead atoms. The Hall–Kier alpha value is -1.50. The van der Waals surface area contributed by atoms with E-state index >= 15 is 0 Å². The number of amides is 1. The largest absolute Gasteiger partial charge is 0.351 e. The SMILES string of the molecule is CCNCCNC(=O)c1cc(F)cc2nc(C)c(C)nc12.Cl.Cl. The standard InChI is InChI=1S/C15H19FN4O.2ClH/c1-4-17-5-6-18-15(21)12-7-11(16)8-13-14(12)20-10(3)9(2)19-13;;/h7-8,17H,4-6H2,1-3H3,(H,18,21);2*1H. The zero-order valence-corrected chi connectivity index (χ0v) is 14.9. The van der Waals surface area contributed by atoms with Crippen LogP contribution in [-0.4, -0.2) is 35.5 Å². The van der Waals surface area contributed by atoms with E-state index < -0.39 is 5.82 Å². The Morgan fingerprint density at radius 2 is 1.78 bits per heavy atom. The zero-order chi connectivity index (χ0) is 15.4. The number of aryl methyl sites for hydroxylation is 2. The number of halogens is 3. The van der Waals surface area contributed by atoms with Crippen LogP contribution in [0.2, 0.25) is 0 Å². The van der Waals surface area contributed by atoms with Gasteiger partial charge in [0.25, 0.3) is 5.91 Å². The predicted octanol–water partition coefficient (Wildman–Crippen LogP) is 2.57. The number of benzene rings is 1. The predicted molar refractivity (Wildman–Crippen MR) is 94.3 cm³/mol. The number of carbonyl (C=O) groups excluding carboxylic acids is 1. The van der Waals surface area contributed by atoms with E-state index in [0.29, 0.717) is 24.1 Å². The summed E-state index contributed by atoms with van der Waals surface area (Å²) >= 11 is 0. The Labute approximate surface area is 147 Å². The summed E-state index contributed by atoms with van der Waals surface area (Å²) in [4.78, 5) is 20.9. The summed E-state index contributed by atoms with van der Waals surface area (Å²) in [5, 5.41) is 5.85. The highest BCUT2D eigenvalue weighted by Gasteiger charge is 2.15. The number of hydrogen-bond donors (Lipinski definition) is 2. The Morgan fingerprint density at radius 3 is 2.43 bits per heavy atom. The van der Waals surface area contributed by atoms with Crippen molar-refractivity contribution in [1.29, 1.82) is 0 Å². The minimum absolute atomic E-state index is 0. The van der Waals surface area contributed by atoms with Gasteiger partial charge in [0.1, 0.15) is 11.3 Å². The summed E-state index contributed by atoms with van der Waals surface area (Å²) in [5.41, 5.74) is 2.51. The topological polar surface area (TPSA) is 66.9 Å². The molecule has 1 aromatic carbocycles. The Morgan fingerprint density at radius 1 is 1.13 bits per heavy atom. The molecule has 0 fully saturated rings. The summed E-state index contributed by atoms with van der Waals surface area (Å²) in [5.74, 6) is -0.827. The Bertz CT molecular complexity index is 682. The van der Waals surface area contributed by atoms with Crippen molar-refractivity contribution >= 4 is 41.8 Å². The molecule has 1 aromatic heterocycles. The van der Waals surface area contributed by atoms with E-state index in [0.717, 1.165) is 17.9 Å². The molecule has 0 atom stereocenters. The summed E-state index contributed by atoms with van der Waals surface area (Å²) < 4.78 is 13.7. The molecule has 0 aliphatic rings. The number of nitrogens with one attached hydrogen (secondary N) is 2. The first-order valence-corrected chi connectivity index (χ1v) is 6.96.